The number of carbonyl (C=O) groups excluding carboxylic acids is 2. The summed E-state index contributed by atoms with van der Waals surface area (Å²) in [6.07, 6.45) is 0.887. The maximum Gasteiger partial charge on any atom is 0.313 e. The van der Waals surface area contributed by atoms with Crippen LogP contribution in [-0.2, 0) is 20.7 Å². The molecule has 0 bridgehead atoms. The van der Waals surface area contributed by atoms with Gasteiger partial charge in [-0.25, -0.2) is 4.98 Å². The van der Waals surface area contributed by atoms with Gasteiger partial charge in [-0.15, -0.1) is 0 Å². The Hall–Kier alpha value is -2.31. The van der Waals surface area contributed by atoms with Crippen molar-refractivity contribution in [2.24, 2.45) is 5.92 Å². The number of benzene rings is 1. The monoisotopic (exact) mass is 394 g/mol. The smallest absolute Gasteiger partial charge is 0.313 e. The van der Waals surface area contributed by atoms with E-state index in [2.05, 4.69) is 10.3 Å². The third-order valence-corrected chi connectivity index (χ3v) is 4.36. The Bertz CT molecular complexity index is 826. The number of pyridine rings is 1. The number of hydrogen-bond acceptors (Lipinski definition) is 5. The first-order valence-corrected chi connectivity index (χ1v) is 8.72. The summed E-state index contributed by atoms with van der Waals surface area (Å²) in [6.45, 7) is 1.69. The van der Waals surface area contributed by atoms with Crippen LogP contribution in [0.25, 0.3) is 0 Å². The zero-order valence-corrected chi connectivity index (χ0v) is 15.4. The molecule has 0 saturated heterocycles. The van der Waals surface area contributed by atoms with E-state index < -0.39 is 23.9 Å². The number of amides is 1. The van der Waals surface area contributed by atoms with Crippen molar-refractivity contribution in [2.45, 2.75) is 19.4 Å². The van der Waals surface area contributed by atoms with E-state index in [1.54, 1.807) is 30.3 Å². The second-order valence-electron chi connectivity index (χ2n) is 5.89. The van der Waals surface area contributed by atoms with E-state index in [0.717, 1.165) is 5.56 Å². The highest BCUT2D eigenvalue weighted by atomic mass is 35.5. The van der Waals surface area contributed by atoms with Crippen LogP contribution >= 0.6 is 23.2 Å². The van der Waals surface area contributed by atoms with Crippen LogP contribution in [0, 0.1) is 5.92 Å². The van der Waals surface area contributed by atoms with E-state index in [-0.39, 0.29) is 6.61 Å². The molecule has 0 radical (unpaired) electrons. The second-order valence-corrected chi connectivity index (χ2v) is 6.77. The molecule has 3 rings (SSSR count). The summed E-state index contributed by atoms with van der Waals surface area (Å²) < 4.78 is 10.9. The summed E-state index contributed by atoms with van der Waals surface area (Å²) >= 11 is 11.7. The first-order valence-electron chi connectivity index (χ1n) is 7.96. The summed E-state index contributed by atoms with van der Waals surface area (Å²) in [5, 5.41) is 3.60. The first-order chi connectivity index (χ1) is 12.4. The third-order valence-electron chi connectivity index (χ3n) is 3.90. The zero-order chi connectivity index (χ0) is 18.7. The molecule has 2 heterocycles. The van der Waals surface area contributed by atoms with E-state index in [1.165, 1.54) is 13.1 Å². The number of hydrogen-bond donors (Lipinski definition) is 1. The summed E-state index contributed by atoms with van der Waals surface area (Å²) in [6, 6.07) is 8.43. The van der Waals surface area contributed by atoms with Gasteiger partial charge < -0.3 is 14.8 Å². The van der Waals surface area contributed by atoms with Crippen LogP contribution in [0.5, 0.6) is 5.75 Å². The van der Waals surface area contributed by atoms with Crippen molar-refractivity contribution in [3.8, 4) is 5.75 Å². The quantitative estimate of drug-likeness (QED) is 0.802. The summed E-state index contributed by atoms with van der Waals surface area (Å²) in [5.74, 6) is -0.439. The fraction of sp³-hybridized carbons (Fsp3) is 0.278. The Morgan fingerprint density at radius 3 is 2.77 bits per heavy atom. The van der Waals surface area contributed by atoms with Crippen LogP contribution in [0.2, 0.25) is 10.0 Å². The van der Waals surface area contributed by atoms with Crippen molar-refractivity contribution in [2.75, 3.05) is 11.9 Å². The lowest BCUT2D eigenvalue weighted by Crippen LogP contribution is -2.36. The Morgan fingerprint density at radius 2 is 2.04 bits per heavy atom. The molecule has 2 aromatic rings. The van der Waals surface area contributed by atoms with Gasteiger partial charge in [0.05, 0.1) is 10.9 Å². The van der Waals surface area contributed by atoms with Crippen LogP contribution in [0.4, 0.5) is 5.82 Å². The topological polar surface area (TPSA) is 77.5 Å². The largest absolute Gasteiger partial charge is 0.492 e. The number of carbonyl (C=O) groups is 2. The minimum Gasteiger partial charge on any atom is -0.492 e. The van der Waals surface area contributed by atoms with Crippen molar-refractivity contribution in [3.05, 3.63) is 52.1 Å². The molecular weight excluding hydrogens is 379 g/mol. The molecule has 0 aliphatic carbocycles. The van der Waals surface area contributed by atoms with Crippen LogP contribution in [0.3, 0.4) is 0 Å². The fourth-order valence-electron chi connectivity index (χ4n) is 2.52. The lowest BCUT2D eigenvalue weighted by molar-refractivity contribution is -0.158. The predicted octanol–water partition coefficient (Wildman–Crippen LogP) is 3.51. The molecule has 1 aromatic heterocycles. The SMILES string of the molecule is C[C@@H](OC(=O)[C@H]1COc2ccc(Cl)cc2C1)C(=O)Nc1ccc(Cl)cn1. The van der Waals surface area contributed by atoms with Gasteiger partial charge in [0.2, 0.25) is 0 Å². The normalized spacial score (nSPS) is 16.8. The van der Waals surface area contributed by atoms with Crippen LogP contribution in [-0.4, -0.2) is 29.6 Å². The molecule has 0 fully saturated rings. The highest BCUT2D eigenvalue weighted by molar-refractivity contribution is 6.30. The third kappa shape index (κ3) is 4.45. The number of ether oxygens (including phenoxy) is 2. The van der Waals surface area contributed by atoms with E-state index in [1.807, 2.05) is 0 Å². The van der Waals surface area contributed by atoms with Gasteiger partial charge in [0.1, 0.15) is 18.2 Å². The average molecular weight is 395 g/mol. The highest BCUT2D eigenvalue weighted by Gasteiger charge is 2.30. The number of nitrogens with one attached hydrogen (secondary N) is 1. The Labute approximate surface area is 160 Å². The number of rotatable bonds is 4. The maximum atomic E-state index is 12.4. The van der Waals surface area contributed by atoms with Gasteiger partial charge in [0, 0.05) is 11.2 Å². The van der Waals surface area contributed by atoms with Gasteiger partial charge in [-0.05, 0) is 49.2 Å². The minimum atomic E-state index is -0.972. The average Bonchev–Trinajstić information content (AvgIpc) is 2.62. The van der Waals surface area contributed by atoms with E-state index in [0.29, 0.717) is 28.0 Å². The van der Waals surface area contributed by atoms with Gasteiger partial charge in [0.15, 0.2) is 6.10 Å². The van der Waals surface area contributed by atoms with Gasteiger partial charge in [0.25, 0.3) is 5.91 Å². The number of halogens is 2. The molecule has 1 amide bonds. The Morgan fingerprint density at radius 1 is 1.27 bits per heavy atom. The lowest BCUT2D eigenvalue weighted by Gasteiger charge is -2.25. The molecule has 0 spiro atoms. The lowest BCUT2D eigenvalue weighted by atomic mass is 9.97. The molecule has 26 heavy (non-hydrogen) atoms. The summed E-state index contributed by atoms with van der Waals surface area (Å²) in [7, 11) is 0. The molecule has 1 aliphatic rings. The number of fused-ring (bicyclic) bond motifs is 1. The fourth-order valence-corrected chi connectivity index (χ4v) is 2.82. The van der Waals surface area contributed by atoms with Crippen molar-refractivity contribution in [1.82, 2.24) is 4.98 Å². The molecule has 8 heteroatoms. The highest BCUT2D eigenvalue weighted by Crippen LogP contribution is 2.30. The molecule has 6 nitrogen and oxygen atoms in total. The van der Waals surface area contributed by atoms with Gasteiger partial charge >= 0.3 is 5.97 Å². The number of esters is 1. The standard InChI is InChI=1S/C18H16Cl2N2O4/c1-10(17(23)22-16-5-3-14(20)8-21-16)26-18(24)12-6-11-7-13(19)2-4-15(11)25-9-12/h2-5,7-8,10,12H,6,9H2,1H3,(H,21,22,23)/t10-,12-/m1/s1. The van der Waals surface area contributed by atoms with Crippen LogP contribution in [0.1, 0.15) is 12.5 Å². The number of nitrogens with zero attached hydrogens (tertiary/aromatic N) is 1. The molecule has 0 unspecified atom stereocenters. The molecule has 2 atom stereocenters. The molecule has 1 aliphatic heterocycles. The Balaban J connectivity index is 1.57. The zero-order valence-electron chi connectivity index (χ0n) is 13.9. The first kappa shape index (κ1) is 18.5. The van der Waals surface area contributed by atoms with Crippen molar-refractivity contribution < 1.29 is 19.1 Å². The maximum absolute atomic E-state index is 12.4. The summed E-state index contributed by atoms with van der Waals surface area (Å²) in [5.41, 5.74) is 0.841. The van der Waals surface area contributed by atoms with E-state index in [9.17, 15) is 9.59 Å². The van der Waals surface area contributed by atoms with Crippen molar-refractivity contribution >= 4 is 40.9 Å². The Kier molecular flexibility index (Phi) is 5.64. The van der Waals surface area contributed by atoms with E-state index in [4.69, 9.17) is 32.7 Å². The van der Waals surface area contributed by atoms with Crippen LogP contribution < -0.4 is 10.1 Å². The van der Waals surface area contributed by atoms with Gasteiger partial charge in [-0.1, -0.05) is 23.2 Å². The number of anilines is 1. The second kappa shape index (κ2) is 7.93. The van der Waals surface area contributed by atoms with Gasteiger partial charge in [-0.2, -0.15) is 0 Å². The molecular formula is C18H16Cl2N2O4. The van der Waals surface area contributed by atoms with Crippen molar-refractivity contribution in [3.63, 3.8) is 0 Å². The van der Waals surface area contributed by atoms with Crippen LogP contribution in [0.15, 0.2) is 36.5 Å². The number of aromatic nitrogens is 1. The predicted molar refractivity (Wildman–Crippen MR) is 97.6 cm³/mol. The molecule has 0 saturated carbocycles. The summed E-state index contributed by atoms with van der Waals surface area (Å²) in [4.78, 5) is 28.5. The van der Waals surface area contributed by atoms with Gasteiger partial charge in [-0.3, -0.25) is 9.59 Å². The minimum absolute atomic E-state index is 0.195. The molecule has 136 valence electrons. The molecule has 1 N–H and O–H groups in total. The van der Waals surface area contributed by atoms with E-state index >= 15 is 0 Å². The molecule has 1 aromatic carbocycles. The van der Waals surface area contributed by atoms with Crippen molar-refractivity contribution in [1.29, 1.82) is 0 Å².